The molecule has 1 saturated carbocycles. The topological polar surface area (TPSA) is 65.7 Å². The van der Waals surface area contributed by atoms with Crippen molar-refractivity contribution in [3.63, 3.8) is 0 Å². The van der Waals surface area contributed by atoms with E-state index in [1.807, 2.05) is 20.8 Å². The lowest BCUT2D eigenvalue weighted by Crippen LogP contribution is -2.59. The van der Waals surface area contributed by atoms with Gasteiger partial charge in [0.1, 0.15) is 16.9 Å². The summed E-state index contributed by atoms with van der Waals surface area (Å²) in [7, 11) is 1.47. The number of imidazole rings is 1. The van der Waals surface area contributed by atoms with Gasteiger partial charge in [0.25, 0.3) is 0 Å². The number of hydrogen-bond acceptors (Lipinski definition) is 4. The molecule has 1 amide bonds. The van der Waals surface area contributed by atoms with E-state index in [9.17, 15) is 22.8 Å². The summed E-state index contributed by atoms with van der Waals surface area (Å²) in [5.41, 5.74) is -0.688. The largest absolute Gasteiger partial charge is 0.494 e. The van der Waals surface area contributed by atoms with Gasteiger partial charge in [0, 0.05) is 19.1 Å². The van der Waals surface area contributed by atoms with Gasteiger partial charge < -0.3 is 14.4 Å². The van der Waals surface area contributed by atoms with Crippen molar-refractivity contribution in [2.24, 2.45) is 11.8 Å². The van der Waals surface area contributed by atoms with E-state index >= 15 is 0 Å². The number of carbonyl (C=O) groups excluding carboxylic acids is 1. The number of alkyl halides is 3. The number of nitrogens with zero attached hydrogens (tertiary/aromatic N) is 3. The second-order valence-corrected chi connectivity index (χ2v) is 10.9. The fourth-order valence-electron chi connectivity index (χ4n) is 5.77. The number of para-hydroxylation sites is 1. The Morgan fingerprint density at radius 2 is 1.70 bits per heavy atom. The zero-order valence-corrected chi connectivity index (χ0v) is 21.2. The van der Waals surface area contributed by atoms with Crippen LogP contribution in [0.5, 0.6) is 5.75 Å². The van der Waals surface area contributed by atoms with Crippen molar-refractivity contribution in [1.82, 2.24) is 14.0 Å². The number of fused-ring (bicyclic) bond motifs is 3. The zero-order chi connectivity index (χ0) is 26.7. The molecular weight excluding hydrogens is 487 g/mol. The number of halogens is 3. The lowest BCUT2D eigenvalue weighted by molar-refractivity contribution is -0.138. The number of carbonyl (C=O) groups is 1. The van der Waals surface area contributed by atoms with Crippen molar-refractivity contribution < 1.29 is 27.4 Å². The summed E-state index contributed by atoms with van der Waals surface area (Å²) >= 11 is 0. The number of aromatic nitrogens is 2. The van der Waals surface area contributed by atoms with Gasteiger partial charge in [-0.3, -0.25) is 9.13 Å². The first-order valence-electron chi connectivity index (χ1n) is 12.3. The molecule has 3 aromatic rings. The summed E-state index contributed by atoms with van der Waals surface area (Å²) < 4.78 is 55.2. The number of likely N-dealkylation sites (tertiary alicyclic amines) is 1. The highest BCUT2D eigenvalue weighted by atomic mass is 19.4. The summed E-state index contributed by atoms with van der Waals surface area (Å²) in [6.45, 7) is 6.11. The molecule has 1 aliphatic heterocycles. The Morgan fingerprint density at radius 3 is 2.32 bits per heavy atom. The SMILES string of the molecule is COc1cccc2c1n(Cc1ccccc1C(F)(F)F)c(=O)n2C1C2CC1CN(C(=O)OC(C)(C)C)C2. The Morgan fingerprint density at radius 1 is 1.03 bits per heavy atom. The molecule has 2 heterocycles. The van der Waals surface area contributed by atoms with E-state index in [-0.39, 0.29) is 41.8 Å². The van der Waals surface area contributed by atoms with E-state index in [0.29, 0.717) is 29.9 Å². The molecule has 2 bridgehead atoms. The van der Waals surface area contributed by atoms with Gasteiger partial charge in [-0.15, -0.1) is 0 Å². The maximum atomic E-state index is 13.9. The Hall–Kier alpha value is -3.43. The van der Waals surface area contributed by atoms with Gasteiger partial charge in [-0.1, -0.05) is 24.3 Å². The molecule has 0 N–H and O–H groups in total. The van der Waals surface area contributed by atoms with Gasteiger partial charge in [-0.2, -0.15) is 13.2 Å². The average Bonchev–Trinajstić information content (AvgIpc) is 3.09. The minimum Gasteiger partial charge on any atom is -0.494 e. The summed E-state index contributed by atoms with van der Waals surface area (Å²) in [6.07, 6.45) is -4.05. The van der Waals surface area contributed by atoms with Crippen LogP contribution in [0.2, 0.25) is 0 Å². The standard InChI is InChI=1S/C27H30F3N3O4/c1-26(2,3)37-25(35)31-13-17-12-18(14-31)22(17)33-20-10-7-11-21(36-4)23(20)32(24(33)34)15-16-8-5-6-9-19(16)27(28,29)30/h5-11,17-18,22H,12-15H2,1-4H3. The first kappa shape index (κ1) is 25.2. The number of rotatable bonds is 4. The third kappa shape index (κ3) is 4.46. The highest BCUT2D eigenvalue weighted by Gasteiger charge is 2.50. The zero-order valence-electron chi connectivity index (χ0n) is 21.2. The van der Waals surface area contributed by atoms with Crippen molar-refractivity contribution in [1.29, 1.82) is 0 Å². The maximum absolute atomic E-state index is 13.9. The van der Waals surface area contributed by atoms with Gasteiger partial charge in [0.2, 0.25) is 0 Å². The minimum atomic E-state index is -4.54. The van der Waals surface area contributed by atoms with Gasteiger partial charge in [0.15, 0.2) is 0 Å². The fourth-order valence-corrected chi connectivity index (χ4v) is 5.77. The predicted molar refractivity (Wildman–Crippen MR) is 132 cm³/mol. The average molecular weight is 518 g/mol. The quantitative estimate of drug-likeness (QED) is 0.471. The van der Waals surface area contributed by atoms with Gasteiger partial charge in [-0.05, 0) is 62.8 Å². The predicted octanol–water partition coefficient (Wildman–Crippen LogP) is 5.31. The number of ether oxygens (including phenoxy) is 2. The molecule has 2 aromatic carbocycles. The van der Waals surface area contributed by atoms with Crippen LogP contribution in [0.25, 0.3) is 11.0 Å². The van der Waals surface area contributed by atoms with E-state index < -0.39 is 17.3 Å². The molecule has 1 saturated heterocycles. The molecule has 7 nitrogen and oxygen atoms in total. The summed E-state index contributed by atoms with van der Waals surface area (Å²) in [5.74, 6) is 0.492. The van der Waals surface area contributed by atoms with Crippen molar-refractivity contribution in [2.45, 2.75) is 51.6 Å². The van der Waals surface area contributed by atoms with Gasteiger partial charge >= 0.3 is 18.0 Å². The molecule has 37 heavy (non-hydrogen) atoms. The number of hydrogen-bond donors (Lipinski definition) is 0. The molecule has 5 rings (SSSR count). The lowest BCUT2D eigenvalue weighted by atomic mass is 9.66. The third-order valence-corrected chi connectivity index (χ3v) is 7.25. The van der Waals surface area contributed by atoms with Gasteiger partial charge in [-0.25, -0.2) is 9.59 Å². The molecule has 2 aliphatic rings. The van der Waals surface area contributed by atoms with Crippen LogP contribution in [0, 0.1) is 11.8 Å². The molecular formula is C27H30F3N3O4. The first-order chi connectivity index (χ1) is 17.4. The van der Waals surface area contributed by atoms with Gasteiger partial charge in [0.05, 0.1) is 24.7 Å². The molecule has 1 aliphatic carbocycles. The number of amides is 1. The van der Waals surface area contributed by atoms with Crippen LogP contribution in [0.3, 0.4) is 0 Å². The smallest absolute Gasteiger partial charge is 0.416 e. The molecule has 10 heteroatoms. The van der Waals surface area contributed by atoms with Crippen LogP contribution in [0.1, 0.15) is 44.4 Å². The fraction of sp³-hybridized carbons (Fsp3) is 0.481. The van der Waals surface area contributed by atoms with Crippen molar-refractivity contribution in [2.75, 3.05) is 20.2 Å². The van der Waals surface area contributed by atoms with Crippen molar-refractivity contribution >= 4 is 17.1 Å². The Labute approximate surface area is 212 Å². The highest BCUT2D eigenvalue weighted by molar-refractivity contribution is 5.83. The third-order valence-electron chi connectivity index (χ3n) is 7.25. The molecule has 2 atom stereocenters. The first-order valence-corrected chi connectivity index (χ1v) is 12.3. The van der Waals surface area contributed by atoms with Crippen molar-refractivity contribution in [3.8, 4) is 5.75 Å². The number of methoxy groups -OCH3 is 1. The summed E-state index contributed by atoms with van der Waals surface area (Å²) in [5, 5.41) is 0. The summed E-state index contributed by atoms with van der Waals surface area (Å²) in [4.78, 5) is 28.2. The van der Waals surface area contributed by atoms with Crippen LogP contribution in [-0.2, 0) is 17.5 Å². The number of piperidine rings is 2. The van der Waals surface area contributed by atoms with Crippen LogP contribution in [0.15, 0.2) is 47.3 Å². The van der Waals surface area contributed by atoms with E-state index in [2.05, 4.69) is 0 Å². The van der Waals surface area contributed by atoms with Crippen LogP contribution in [0.4, 0.5) is 18.0 Å². The van der Waals surface area contributed by atoms with E-state index in [1.54, 1.807) is 27.7 Å². The van der Waals surface area contributed by atoms with Crippen LogP contribution in [-0.4, -0.2) is 45.9 Å². The Bertz CT molecular complexity index is 1390. The van der Waals surface area contributed by atoms with Crippen molar-refractivity contribution in [3.05, 3.63) is 64.1 Å². The molecule has 2 unspecified atom stereocenters. The van der Waals surface area contributed by atoms with Crippen LogP contribution >= 0.6 is 0 Å². The molecule has 1 aromatic heterocycles. The maximum Gasteiger partial charge on any atom is 0.416 e. The molecule has 198 valence electrons. The second kappa shape index (κ2) is 8.85. The van der Waals surface area contributed by atoms with E-state index in [0.717, 1.165) is 12.5 Å². The highest BCUT2D eigenvalue weighted by Crippen LogP contribution is 2.49. The molecule has 0 radical (unpaired) electrons. The lowest BCUT2D eigenvalue weighted by Gasteiger charge is -2.53. The Balaban J connectivity index is 1.54. The van der Waals surface area contributed by atoms with E-state index in [1.165, 1.54) is 29.9 Å². The Kier molecular flexibility index (Phi) is 6.03. The minimum absolute atomic E-state index is 0.00644. The molecule has 2 fully saturated rings. The summed E-state index contributed by atoms with van der Waals surface area (Å²) in [6, 6.07) is 10.4. The van der Waals surface area contributed by atoms with E-state index in [4.69, 9.17) is 9.47 Å². The second-order valence-electron chi connectivity index (χ2n) is 10.9. The molecule has 0 spiro atoms. The normalized spacial score (nSPS) is 21.6. The number of benzene rings is 2. The monoisotopic (exact) mass is 517 g/mol. The van der Waals surface area contributed by atoms with Crippen LogP contribution < -0.4 is 10.4 Å².